The zero-order valence-corrected chi connectivity index (χ0v) is 16.6. The highest BCUT2D eigenvalue weighted by atomic mass is 16.5. The summed E-state index contributed by atoms with van der Waals surface area (Å²) in [4.78, 5) is 50.8. The second kappa shape index (κ2) is 8.61. The normalized spacial score (nSPS) is 20.7. The molecular weight excluding hydrogens is 382 g/mol. The predicted octanol–water partition coefficient (Wildman–Crippen LogP) is 3.39. The van der Waals surface area contributed by atoms with Crippen molar-refractivity contribution in [2.45, 2.75) is 32.1 Å². The molecule has 1 saturated heterocycles. The van der Waals surface area contributed by atoms with Gasteiger partial charge in [0.15, 0.2) is 5.78 Å². The van der Waals surface area contributed by atoms with Crippen molar-refractivity contribution in [3.05, 3.63) is 65.7 Å². The number of ether oxygens (including phenoxy) is 1. The molecule has 30 heavy (non-hydrogen) atoms. The zero-order valence-electron chi connectivity index (χ0n) is 16.6. The van der Waals surface area contributed by atoms with E-state index in [0.29, 0.717) is 16.9 Å². The molecule has 1 aliphatic heterocycles. The Bertz CT molecular complexity index is 943. The van der Waals surface area contributed by atoms with Gasteiger partial charge in [-0.25, -0.2) is 0 Å². The lowest BCUT2D eigenvalue weighted by Crippen LogP contribution is -2.33. The van der Waals surface area contributed by atoms with Gasteiger partial charge in [0.05, 0.1) is 18.3 Å². The highest BCUT2D eigenvalue weighted by molar-refractivity contribution is 6.09. The number of carbonyl (C=O) groups excluding carboxylic acids is 4. The first-order valence-corrected chi connectivity index (χ1v) is 10.3. The summed E-state index contributed by atoms with van der Waals surface area (Å²) in [5, 5.41) is 0. The molecule has 0 aromatic heterocycles. The van der Waals surface area contributed by atoms with Crippen LogP contribution in [0.25, 0.3) is 0 Å². The summed E-state index contributed by atoms with van der Waals surface area (Å²) < 4.78 is 5.30. The molecule has 4 rings (SSSR count). The van der Waals surface area contributed by atoms with Crippen LogP contribution in [0, 0.1) is 11.8 Å². The van der Waals surface area contributed by atoms with Gasteiger partial charge in [-0.1, -0.05) is 43.2 Å². The average molecular weight is 405 g/mol. The van der Waals surface area contributed by atoms with Gasteiger partial charge in [-0.05, 0) is 37.1 Å². The highest BCUT2D eigenvalue weighted by Gasteiger charge is 2.47. The number of rotatable bonds is 6. The Hall–Kier alpha value is -3.28. The largest absolute Gasteiger partial charge is 0.426 e. The number of hydrogen-bond acceptors (Lipinski definition) is 5. The minimum Gasteiger partial charge on any atom is -0.426 e. The van der Waals surface area contributed by atoms with E-state index in [9.17, 15) is 19.2 Å². The van der Waals surface area contributed by atoms with Crippen LogP contribution in [0.4, 0.5) is 0 Å². The summed E-state index contributed by atoms with van der Waals surface area (Å²) in [7, 11) is 0. The Morgan fingerprint density at radius 3 is 2.00 bits per heavy atom. The molecule has 6 heteroatoms. The molecule has 0 bridgehead atoms. The molecule has 2 aromatic rings. The van der Waals surface area contributed by atoms with Crippen molar-refractivity contribution in [3.63, 3.8) is 0 Å². The fourth-order valence-corrected chi connectivity index (χ4v) is 4.27. The molecule has 2 aliphatic rings. The summed E-state index contributed by atoms with van der Waals surface area (Å²) in [6.45, 7) is 0.0497. The third-order valence-electron chi connectivity index (χ3n) is 5.86. The van der Waals surface area contributed by atoms with E-state index >= 15 is 0 Å². The summed E-state index contributed by atoms with van der Waals surface area (Å²) in [6.07, 6.45) is 3.40. The minimum absolute atomic E-state index is 0.0497. The molecule has 2 atom stereocenters. The molecule has 154 valence electrons. The summed E-state index contributed by atoms with van der Waals surface area (Å²) >= 11 is 0. The van der Waals surface area contributed by atoms with Crippen LogP contribution in [0.5, 0.6) is 5.75 Å². The van der Waals surface area contributed by atoms with Crippen LogP contribution in [0.2, 0.25) is 0 Å². The molecule has 0 spiro atoms. The van der Waals surface area contributed by atoms with Gasteiger partial charge in [-0.2, -0.15) is 0 Å². The monoisotopic (exact) mass is 405 g/mol. The lowest BCUT2D eigenvalue weighted by molar-refractivity contribution is -0.141. The van der Waals surface area contributed by atoms with E-state index in [1.807, 2.05) is 6.07 Å². The smallest absolute Gasteiger partial charge is 0.312 e. The number of amides is 2. The Balaban J connectivity index is 1.32. The van der Waals surface area contributed by atoms with E-state index in [1.165, 1.54) is 4.90 Å². The number of likely N-dealkylation sites (tertiary alicyclic amines) is 1. The number of nitrogens with zero attached hydrogens (tertiary/aromatic N) is 1. The second-order valence-electron chi connectivity index (χ2n) is 7.77. The van der Waals surface area contributed by atoms with Crippen molar-refractivity contribution in [1.82, 2.24) is 4.90 Å². The van der Waals surface area contributed by atoms with E-state index in [2.05, 4.69) is 0 Å². The summed E-state index contributed by atoms with van der Waals surface area (Å²) in [6, 6.07) is 15.3. The van der Waals surface area contributed by atoms with Gasteiger partial charge in [0, 0.05) is 17.7 Å². The third-order valence-corrected chi connectivity index (χ3v) is 5.86. The Morgan fingerprint density at radius 1 is 0.833 bits per heavy atom. The van der Waals surface area contributed by atoms with Crippen LogP contribution >= 0.6 is 0 Å². The fourth-order valence-electron chi connectivity index (χ4n) is 4.27. The van der Waals surface area contributed by atoms with Crippen molar-refractivity contribution in [3.8, 4) is 5.75 Å². The first-order valence-electron chi connectivity index (χ1n) is 10.3. The van der Waals surface area contributed by atoms with E-state index in [0.717, 1.165) is 25.7 Å². The second-order valence-corrected chi connectivity index (χ2v) is 7.77. The van der Waals surface area contributed by atoms with Gasteiger partial charge in [0.2, 0.25) is 11.8 Å². The molecule has 6 nitrogen and oxygen atoms in total. The molecule has 0 unspecified atom stereocenters. The maximum Gasteiger partial charge on any atom is 0.312 e. The van der Waals surface area contributed by atoms with E-state index in [1.54, 1.807) is 48.5 Å². The lowest BCUT2D eigenvalue weighted by atomic mass is 9.81. The van der Waals surface area contributed by atoms with Crippen LogP contribution in [0.3, 0.4) is 0 Å². The van der Waals surface area contributed by atoms with Gasteiger partial charge in [-0.15, -0.1) is 0 Å². The number of hydrogen-bond donors (Lipinski definition) is 0. The van der Waals surface area contributed by atoms with Crippen LogP contribution < -0.4 is 4.74 Å². The number of esters is 1. The SMILES string of the molecule is O=C(CCN1C(=O)[C@H]2CCCC[C@@H]2C1=O)Oc1ccc(C(=O)c2ccccc2)cc1. The summed E-state index contributed by atoms with van der Waals surface area (Å²) in [5.74, 6) is -1.04. The van der Waals surface area contributed by atoms with E-state index in [4.69, 9.17) is 4.74 Å². The molecule has 2 amide bonds. The Morgan fingerprint density at radius 2 is 1.40 bits per heavy atom. The highest BCUT2D eigenvalue weighted by Crippen LogP contribution is 2.38. The predicted molar refractivity (Wildman–Crippen MR) is 109 cm³/mol. The number of fused-ring (bicyclic) bond motifs is 1. The number of imide groups is 1. The standard InChI is InChI=1S/C24H23NO5/c26-21(14-15-25-23(28)19-8-4-5-9-20(19)24(25)29)30-18-12-10-17(11-13-18)22(27)16-6-2-1-3-7-16/h1-3,6-7,10-13,19-20H,4-5,8-9,14-15H2/t19-,20-/m0/s1. The number of carbonyl (C=O) groups is 4. The Kier molecular flexibility index (Phi) is 5.74. The van der Waals surface area contributed by atoms with Gasteiger partial charge in [0.25, 0.3) is 0 Å². The zero-order chi connectivity index (χ0) is 21.1. The molecule has 1 saturated carbocycles. The first kappa shape index (κ1) is 20.0. The van der Waals surface area contributed by atoms with Crippen molar-refractivity contribution in [2.75, 3.05) is 6.54 Å². The topological polar surface area (TPSA) is 80.8 Å². The van der Waals surface area contributed by atoms with Crippen LogP contribution in [0.1, 0.15) is 48.0 Å². The molecule has 1 aliphatic carbocycles. The van der Waals surface area contributed by atoms with Crippen LogP contribution in [-0.4, -0.2) is 35.0 Å². The number of benzene rings is 2. The maximum atomic E-state index is 12.5. The van der Waals surface area contributed by atoms with Crippen molar-refractivity contribution in [1.29, 1.82) is 0 Å². The van der Waals surface area contributed by atoms with Gasteiger partial charge in [0.1, 0.15) is 5.75 Å². The molecular formula is C24H23NO5. The molecule has 0 N–H and O–H groups in total. The van der Waals surface area contributed by atoms with E-state index in [-0.39, 0.29) is 42.4 Å². The molecule has 0 radical (unpaired) electrons. The fraction of sp³-hybridized carbons (Fsp3) is 0.333. The molecule has 1 heterocycles. The molecule has 2 aromatic carbocycles. The van der Waals surface area contributed by atoms with Crippen LogP contribution in [0.15, 0.2) is 54.6 Å². The van der Waals surface area contributed by atoms with Gasteiger partial charge < -0.3 is 4.74 Å². The number of ketones is 1. The quantitative estimate of drug-likeness (QED) is 0.319. The van der Waals surface area contributed by atoms with E-state index < -0.39 is 5.97 Å². The van der Waals surface area contributed by atoms with Crippen LogP contribution in [-0.2, 0) is 14.4 Å². The minimum atomic E-state index is -0.521. The van der Waals surface area contributed by atoms with Crippen molar-refractivity contribution < 1.29 is 23.9 Å². The Labute approximate surface area is 174 Å². The first-order chi connectivity index (χ1) is 14.5. The van der Waals surface area contributed by atoms with Gasteiger partial charge in [-0.3, -0.25) is 24.1 Å². The third kappa shape index (κ3) is 4.03. The lowest BCUT2D eigenvalue weighted by Gasteiger charge is -2.19. The average Bonchev–Trinajstić information content (AvgIpc) is 3.03. The van der Waals surface area contributed by atoms with Crippen molar-refractivity contribution >= 4 is 23.6 Å². The molecule has 2 fully saturated rings. The van der Waals surface area contributed by atoms with Gasteiger partial charge >= 0.3 is 5.97 Å². The summed E-state index contributed by atoms with van der Waals surface area (Å²) in [5.41, 5.74) is 1.08. The maximum absolute atomic E-state index is 12.5. The van der Waals surface area contributed by atoms with Crippen molar-refractivity contribution in [2.24, 2.45) is 11.8 Å².